The Morgan fingerprint density at radius 2 is 2.17 bits per heavy atom. The van der Waals surface area contributed by atoms with Crippen LogP contribution in [0, 0.1) is 5.82 Å². The number of amidine groups is 1. The van der Waals surface area contributed by atoms with Gasteiger partial charge in [-0.25, -0.2) is 9.38 Å². The number of alkyl halides is 1. The molecular weight excluding hydrogens is 255 g/mol. The van der Waals surface area contributed by atoms with E-state index in [-0.39, 0.29) is 23.6 Å². The second-order valence-corrected chi connectivity index (χ2v) is 4.64. The van der Waals surface area contributed by atoms with Gasteiger partial charge in [0.15, 0.2) is 0 Å². The number of ether oxygens (including phenoxy) is 1. The summed E-state index contributed by atoms with van der Waals surface area (Å²) in [6, 6.07) is 4.26. The van der Waals surface area contributed by atoms with E-state index in [0.717, 1.165) is 12.8 Å². The maximum absolute atomic E-state index is 13.2. The van der Waals surface area contributed by atoms with Crippen LogP contribution in [-0.2, 0) is 0 Å². The molecule has 2 rings (SSSR count). The van der Waals surface area contributed by atoms with Crippen molar-refractivity contribution in [3.8, 4) is 5.75 Å². The molecule has 0 spiro atoms. The number of benzene rings is 1. The van der Waals surface area contributed by atoms with Crippen molar-refractivity contribution in [1.29, 1.82) is 0 Å². The first-order valence-corrected chi connectivity index (χ1v) is 6.57. The number of nitrogens with zero attached hydrogens (tertiary/aromatic N) is 1. The zero-order valence-electron chi connectivity index (χ0n) is 10.0. The van der Waals surface area contributed by atoms with Crippen molar-refractivity contribution in [3.05, 3.63) is 24.0 Å². The van der Waals surface area contributed by atoms with Crippen LogP contribution in [0.1, 0.15) is 25.7 Å². The summed E-state index contributed by atoms with van der Waals surface area (Å²) in [4.78, 5) is 4.08. The van der Waals surface area contributed by atoms with Gasteiger partial charge in [-0.1, -0.05) is 0 Å². The van der Waals surface area contributed by atoms with Gasteiger partial charge in [-0.3, -0.25) is 0 Å². The first-order chi connectivity index (χ1) is 8.69. The fourth-order valence-electron chi connectivity index (χ4n) is 2.05. The minimum atomic E-state index is -0.366. The summed E-state index contributed by atoms with van der Waals surface area (Å²) in [7, 11) is 0. The van der Waals surface area contributed by atoms with Crippen LogP contribution in [0.2, 0.25) is 0 Å². The van der Waals surface area contributed by atoms with Crippen molar-refractivity contribution in [1.82, 2.24) is 0 Å². The predicted octanol–water partition coefficient (Wildman–Crippen LogP) is 3.37. The molecule has 0 saturated heterocycles. The Morgan fingerprint density at radius 3 is 2.83 bits per heavy atom. The minimum Gasteiger partial charge on any atom is -0.488 e. The van der Waals surface area contributed by atoms with Gasteiger partial charge in [-0.05, 0) is 37.8 Å². The van der Waals surface area contributed by atoms with Crippen LogP contribution in [0.3, 0.4) is 0 Å². The first-order valence-electron chi connectivity index (χ1n) is 6.04. The van der Waals surface area contributed by atoms with Gasteiger partial charge >= 0.3 is 0 Å². The highest BCUT2D eigenvalue weighted by molar-refractivity contribution is 6.28. The fourth-order valence-corrected chi connectivity index (χ4v) is 2.11. The summed E-state index contributed by atoms with van der Waals surface area (Å²) in [5.41, 5.74) is 5.97. The first kappa shape index (κ1) is 13.1. The molecule has 2 N–H and O–H groups in total. The van der Waals surface area contributed by atoms with Crippen LogP contribution in [0.5, 0.6) is 5.75 Å². The molecule has 5 heteroatoms. The molecule has 0 unspecified atom stereocenters. The van der Waals surface area contributed by atoms with Crippen molar-refractivity contribution in [2.75, 3.05) is 5.88 Å². The lowest BCUT2D eigenvalue weighted by molar-refractivity contribution is 0.211. The third-order valence-electron chi connectivity index (χ3n) is 2.92. The van der Waals surface area contributed by atoms with Crippen LogP contribution in [-0.4, -0.2) is 17.8 Å². The summed E-state index contributed by atoms with van der Waals surface area (Å²) in [5.74, 6) is 0.559. The molecule has 1 aliphatic carbocycles. The molecule has 0 aliphatic heterocycles. The Balaban J connectivity index is 2.22. The van der Waals surface area contributed by atoms with Crippen molar-refractivity contribution in [2.45, 2.75) is 31.8 Å². The average molecular weight is 271 g/mol. The third-order valence-corrected chi connectivity index (χ3v) is 3.19. The van der Waals surface area contributed by atoms with E-state index in [4.69, 9.17) is 22.1 Å². The maximum atomic E-state index is 13.2. The van der Waals surface area contributed by atoms with Crippen LogP contribution >= 0.6 is 11.6 Å². The summed E-state index contributed by atoms with van der Waals surface area (Å²) < 4.78 is 19.1. The van der Waals surface area contributed by atoms with Crippen molar-refractivity contribution in [3.63, 3.8) is 0 Å². The van der Waals surface area contributed by atoms with Crippen LogP contribution < -0.4 is 10.5 Å². The summed E-state index contributed by atoms with van der Waals surface area (Å²) in [6.07, 6.45) is 4.61. The number of aliphatic imine (C=N–C) groups is 1. The van der Waals surface area contributed by atoms with E-state index in [1.807, 2.05) is 0 Å². The molecule has 18 heavy (non-hydrogen) atoms. The molecule has 0 radical (unpaired) electrons. The van der Waals surface area contributed by atoms with Crippen LogP contribution in [0.4, 0.5) is 10.1 Å². The Hall–Kier alpha value is -1.29. The van der Waals surface area contributed by atoms with Gasteiger partial charge in [0.25, 0.3) is 0 Å². The molecule has 3 nitrogen and oxygen atoms in total. The largest absolute Gasteiger partial charge is 0.488 e. The number of rotatable bonds is 4. The van der Waals surface area contributed by atoms with Crippen LogP contribution in [0.15, 0.2) is 23.2 Å². The summed E-state index contributed by atoms with van der Waals surface area (Å²) in [5, 5.41) is 0. The van der Waals surface area contributed by atoms with Crippen molar-refractivity contribution >= 4 is 23.1 Å². The molecule has 1 aliphatic rings. The van der Waals surface area contributed by atoms with Gasteiger partial charge in [0.1, 0.15) is 23.1 Å². The van der Waals surface area contributed by atoms with Gasteiger partial charge in [0, 0.05) is 6.07 Å². The van der Waals surface area contributed by atoms with E-state index < -0.39 is 0 Å². The van der Waals surface area contributed by atoms with Gasteiger partial charge < -0.3 is 10.5 Å². The lowest BCUT2D eigenvalue weighted by atomic mass is 10.2. The Morgan fingerprint density at radius 1 is 1.44 bits per heavy atom. The Kier molecular flexibility index (Phi) is 4.42. The highest BCUT2D eigenvalue weighted by Crippen LogP contribution is 2.32. The lowest BCUT2D eigenvalue weighted by Gasteiger charge is -2.15. The Bertz CT molecular complexity index is 445. The van der Waals surface area contributed by atoms with Gasteiger partial charge in [0.05, 0.1) is 12.0 Å². The number of nitrogens with two attached hydrogens (primary N) is 1. The van der Waals surface area contributed by atoms with E-state index >= 15 is 0 Å². The maximum Gasteiger partial charge on any atom is 0.145 e. The molecule has 0 atom stereocenters. The minimum absolute atomic E-state index is 0.110. The molecule has 1 saturated carbocycles. The molecular formula is C13H16ClFN2O. The lowest BCUT2D eigenvalue weighted by Crippen LogP contribution is -2.13. The van der Waals surface area contributed by atoms with Gasteiger partial charge in [0.2, 0.25) is 0 Å². The summed E-state index contributed by atoms with van der Waals surface area (Å²) in [6.45, 7) is 0. The van der Waals surface area contributed by atoms with E-state index in [1.165, 1.54) is 25.0 Å². The molecule has 98 valence electrons. The van der Waals surface area contributed by atoms with Crippen molar-refractivity contribution in [2.24, 2.45) is 10.7 Å². The molecule has 0 amide bonds. The fraction of sp³-hybridized carbons (Fsp3) is 0.462. The van der Waals surface area contributed by atoms with E-state index in [9.17, 15) is 4.39 Å². The standard InChI is InChI=1S/C13H16ClFN2O/c14-8-13(16)17-11-7-9(15)5-6-12(11)18-10-3-1-2-4-10/h5-7,10H,1-4,8H2,(H2,16,17). The number of hydrogen-bond acceptors (Lipinski definition) is 2. The second-order valence-electron chi connectivity index (χ2n) is 4.37. The van der Waals surface area contributed by atoms with E-state index in [0.29, 0.717) is 11.4 Å². The monoisotopic (exact) mass is 270 g/mol. The van der Waals surface area contributed by atoms with E-state index in [2.05, 4.69) is 4.99 Å². The van der Waals surface area contributed by atoms with Crippen LogP contribution in [0.25, 0.3) is 0 Å². The highest BCUT2D eigenvalue weighted by Gasteiger charge is 2.18. The van der Waals surface area contributed by atoms with Gasteiger partial charge in [-0.15, -0.1) is 11.6 Å². The smallest absolute Gasteiger partial charge is 0.145 e. The summed E-state index contributed by atoms with van der Waals surface area (Å²) >= 11 is 5.57. The van der Waals surface area contributed by atoms with Crippen molar-refractivity contribution < 1.29 is 9.13 Å². The molecule has 0 bridgehead atoms. The Labute approximate surface area is 111 Å². The second kappa shape index (κ2) is 6.05. The zero-order chi connectivity index (χ0) is 13.0. The average Bonchev–Trinajstić information content (AvgIpc) is 2.85. The topological polar surface area (TPSA) is 47.6 Å². The normalized spacial score (nSPS) is 17.1. The molecule has 1 aromatic carbocycles. The number of halogens is 2. The predicted molar refractivity (Wildman–Crippen MR) is 71.3 cm³/mol. The SMILES string of the molecule is NC(CCl)=Nc1cc(F)ccc1OC1CCCC1. The van der Waals surface area contributed by atoms with E-state index in [1.54, 1.807) is 6.07 Å². The molecule has 0 aromatic heterocycles. The third kappa shape index (κ3) is 3.35. The molecule has 1 fully saturated rings. The zero-order valence-corrected chi connectivity index (χ0v) is 10.8. The molecule has 1 aromatic rings. The van der Waals surface area contributed by atoms with Gasteiger partial charge in [-0.2, -0.15) is 0 Å². The quantitative estimate of drug-likeness (QED) is 0.518. The molecule has 0 heterocycles. The highest BCUT2D eigenvalue weighted by atomic mass is 35.5. The number of hydrogen-bond donors (Lipinski definition) is 1.